The molecule has 2 aromatic rings. The second kappa shape index (κ2) is 7.58. The quantitative estimate of drug-likeness (QED) is 0.516. The number of likely N-dealkylation sites (tertiary alicyclic amines) is 1. The first-order valence-electron chi connectivity index (χ1n) is 14.7. The number of fused-ring (bicyclic) bond motifs is 4. The average Bonchev–Trinajstić information content (AvgIpc) is 3.47. The van der Waals surface area contributed by atoms with Crippen LogP contribution in [0.5, 0.6) is 0 Å². The molecule has 0 radical (unpaired) electrons. The average molecular weight is 529 g/mol. The molecule has 204 valence electrons. The Kier molecular flexibility index (Phi) is 4.58. The maximum absolute atomic E-state index is 11.7. The van der Waals surface area contributed by atoms with E-state index >= 15 is 0 Å². The molecule has 39 heavy (non-hydrogen) atoms. The van der Waals surface area contributed by atoms with Gasteiger partial charge in [-0.15, -0.1) is 0 Å². The largest absolute Gasteiger partial charge is 0.392 e. The molecule has 7 aliphatic rings. The topological polar surface area (TPSA) is 98.6 Å². The van der Waals surface area contributed by atoms with Crippen molar-refractivity contribution in [3.63, 3.8) is 0 Å². The van der Waals surface area contributed by atoms with Crippen LogP contribution in [0.25, 0.3) is 10.8 Å². The van der Waals surface area contributed by atoms with Crippen molar-refractivity contribution in [3.8, 4) is 0 Å². The van der Waals surface area contributed by atoms with E-state index in [9.17, 15) is 15.3 Å². The van der Waals surface area contributed by atoms with Gasteiger partial charge in [-0.05, 0) is 71.7 Å². The first-order valence-corrected chi connectivity index (χ1v) is 14.7. The van der Waals surface area contributed by atoms with Gasteiger partial charge in [0.2, 0.25) is 0 Å². The predicted molar refractivity (Wildman–Crippen MR) is 144 cm³/mol. The van der Waals surface area contributed by atoms with Crippen LogP contribution in [0.2, 0.25) is 0 Å². The van der Waals surface area contributed by atoms with E-state index in [1.165, 1.54) is 22.1 Å². The molecule has 4 aliphatic heterocycles. The molecule has 2 spiro atoms. The fourth-order valence-corrected chi connectivity index (χ4v) is 10.00. The standard InChI is InChI=1S/C32H36N2O5/c1-30-6-4-20-11-21-28-29(38-28)22(34-15-24(36)25(37)16-34)13-31(21)7-8-32(20,39-31)26(30)12-23(35)27(30)18-3-2-17-5-9-33-14-19(17)10-18/h2-5,9-11,14,22-29,35-37H,6-8,12-13,15-16H2,1H3/t22-,23+,24-,25-,26+,27-,28+,29-,30-,31+,32?/m0/s1. The second-order valence-corrected chi connectivity index (χ2v) is 13.7. The molecule has 1 aromatic heterocycles. The van der Waals surface area contributed by atoms with Gasteiger partial charge in [-0.25, -0.2) is 0 Å². The number of nitrogens with zero attached hydrogens (tertiary/aromatic N) is 2. The van der Waals surface area contributed by atoms with Gasteiger partial charge in [0.05, 0.1) is 29.5 Å². The maximum atomic E-state index is 11.7. The van der Waals surface area contributed by atoms with Gasteiger partial charge in [0.1, 0.15) is 12.2 Å². The van der Waals surface area contributed by atoms with Gasteiger partial charge in [-0.2, -0.15) is 0 Å². The predicted octanol–water partition coefficient (Wildman–Crippen LogP) is 2.84. The maximum Gasteiger partial charge on any atom is 0.110 e. The molecule has 1 unspecified atom stereocenters. The molecule has 2 saturated carbocycles. The fourth-order valence-electron chi connectivity index (χ4n) is 10.00. The number of rotatable bonds is 2. The van der Waals surface area contributed by atoms with Crippen LogP contribution in [0, 0.1) is 11.3 Å². The molecule has 9 rings (SSSR count). The normalized spacial score (nSPS) is 49.6. The number of pyridine rings is 1. The lowest BCUT2D eigenvalue weighted by molar-refractivity contribution is -0.138. The number of aliphatic hydroxyl groups excluding tert-OH is 3. The molecule has 0 amide bonds. The summed E-state index contributed by atoms with van der Waals surface area (Å²) in [5, 5.41) is 34.4. The Labute approximate surface area is 228 Å². The summed E-state index contributed by atoms with van der Waals surface area (Å²) in [5.41, 5.74) is 2.91. The van der Waals surface area contributed by atoms with Gasteiger partial charge >= 0.3 is 0 Å². The van der Waals surface area contributed by atoms with Crippen LogP contribution in [0.3, 0.4) is 0 Å². The number of hydrogen-bond acceptors (Lipinski definition) is 7. The molecule has 7 nitrogen and oxygen atoms in total. The van der Waals surface area contributed by atoms with Crippen molar-refractivity contribution in [2.75, 3.05) is 13.1 Å². The fraction of sp³-hybridized carbons (Fsp3) is 0.594. The molecule has 5 fully saturated rings. The molecule has 2 bridgehead atoms. The lowest BCUT2D eigenvalue weighted by Gasteiger charge is -2.54. The van der Waals surface area contributed by atoms with E-state index < -0.39 is 18.3 Å². The van der Waals surface area contributed by atoms with Gasteiger partial charge in [0.25, 0.3) is 0 Å². The summed E-state index contributed by atoms with van der Waals surface area (Å²) in [5.74, 6) is 0.256. The molecular formula is C32H36N2O5. The second-order valence-electron chi connectivity index (χ2n) is 13.7. The van der Waals surface area contributed by atoms with Crippen molar-refractivity contribution in [1.29, 1.82) is 0 Å². The minimum Gasteiger partial charge on any atom is -0.392 e. The number of aliphatic hydroxyl groups is 3. The highest BCUT2D eigenvalue weighted by atomic mass is 16.6. The first kappa shape index (κ1) is 23.6. The monoisotopic (exact) mass is 528 g/mol. The zero-order valence-electron chi connectivity index (χ0n) is 22.2. The van der Waals surface area contributed by atoms with Crippen molar-refractivity contribution in [1.82, 2.24) is 9.88 Å². The molecule has 7 heteroatoms. The number of epoxide rings is 1. The molecule has 3 N–H and O–H groups in total. The molecular weight excluding hydrogens is 492 g/mol. The zero-order chi connectivity index (χ0) is 26.3. The van der Waals surface area contributed by atoms with E-state index in [1.807, 2.05) is 18.5 Å². The lowest BCUT2D eigenvalue weighted by atomic mass is 9.58. The molecule has 3 saturated heterocycles. The highest BCUT2D eigenvalue weighted by Gasteiger charge is 2.72. The molecule has 1 aromatic carbocycles. The van der Waals surface area contributed by atoms with Crippen LogP contribution in [-0.2, 0) is 9.47 Å². The summed E-state index contributed by atoms with van der Waals surface area (Å²) in [7, 11) is 0. The van der Waals surface area contributed by atoms with Gasteiger partial charge in [0.15, 0.2) is 0 Å². The van der Waals surface area contributed by atoms with Gasteiger partial charge in [-0.3, -0.25) is 9.88 Å². The first-order chi connectivity index (χ1) is 18.8. The summed E-state index contributed by atoms with van der Waals surface area (Å²) < 4.78 is 13.7. The van der Waals surface area contributed by atoms with Crippen molar-refractivity contribution in [2.45, 2.75) is 92.7 Å². The smallest absolute Gasteiger partial charge is 0.110 e. The van der Waals surface area contributed by atoms with Crippen LogP contribution in [0.4, 0.5) is 0 Å². The highest BCUT2D eigenvalue weighted by Crippen LogP contribution is 2.70. The Morgan fingerprint density at radius 3 is 2.72 bits per heavy atom. The number of allylic oxidation sites excluding steroid dienone is 1. The third-order valence-corrected chi connectivity index (χ3v) is 11.8. The van der Waals surface area contributed by atoms with E-state index in [0.29, 0.717) is 13.1 Å². The Bertz CT molecular complexity index is 1450. The van der Waals surface area contributed by atoms with Crippen molar-refractivity contribution in [3.05, 3.63) is 65.5 Å². The van der Waals surface area contributed by atoms with E-state index in [0.717, 1.165) is 37.5 Å². The van der Waals surface area contributed by atoms with Gasteiger partial charge in [-0.1, -0.05) is 31.2 Å². The summed E-state index contributed by atoms with van der Waals surface area (Å²) in [6, 6.07) is 8.77. The third-order valence-electron chi connectivity index (χ3n) is 11.8. The van der Waals surface area contributed by atoms with Crippen molar-refractivity contribution >= 4 is 10.8 Å². The van der Waals surface area contributed by atoms with Crippen LogP contribution < -0.4 is 0 Å². The summed E-state index contributed by atoms with van der Waals surface area (Å²) >= 11 is 0. The van der Waals surface area contributed by atoms with Crippen molar-refractivity contribution in [2.24, 2.45) is 11.3 Å². The van der Waals surface area contributed by atoms with E-state index in [1.54, 1.807) is 0 Å². The van der Waals surface area contributed by atoms with E-state index in [2.05, 4.69) is 47.2 Å². The lowest BCUT2D eigenvalue weighted by Crippen LogP contribution is -2.57. The Hall–Kier alpha value is -2.13. The number of aromatic nitrogens is 1. The van der Waals surface area contributed by atoms with Gasteiger partial charge < -0.3 is 24.8 Å². The Balaban J connectivity index is 1.09. The van der Waals surface area contributed by atoms with Crippen LogP contribution in [-0.4, -0.2) is 86.1 Å². The van der Waals surface area contributed by atoms with E-state index in [-0.39, 0.29) is 46.7 Å². The molecule has 5 heterocycles. The SMILES string of the molecule is C[C@]12CC=C3C=C4[C@H]5O[C@H]5[C@@H](N5C[C@H](O)[C@@H](O)C5)C[C@]45CCC3(O5)[C@@H]1C[C@@H](O)[C@@H]2c1ccc2ccncc2c1. The summed E-state index contributed by atoms with van der Waals surface area (Å²) in [6.45, 7) is 3.34. The summed E-state index contributed by atoms with van der Waals surface area (Å²) in [6.07, 6.45) is 11.3. The number of hydrogen-bond donors (Lipinski definition) is 3. The summed E-state index contributed by atoms with van der Waals surface area (Å²) in [4.78, 5) is 6.55. The van der Waals surface area contributed by atoms with Crippen LogP contribution in [0.1, 0.15) is 50.5 Å². The Morgan fingerprint density at radius 2 is 1.87 bits per heavy atom. The Morgan fingerprint density at radius 1 is 1.03 bits per heavy atom. The highest BCUT2D eigenvalue weighted by molar-refractivity contribution is 5.82. The van der Waals surface area contributed by atoms with Crippen LogP contribution >= 0.6 is 0 Å². The van der Waals surface area contributed by atoms with Gasteiger partial charge in [0, 0.05) is 48.7 Å². The van der Waals surface area contributed by atoms with E-state index in [4.69, 9.17) is 9.47 Å². The number of ether oxygens (including phenoxy) is 2. The zero-order valence-corrected chi connectivity index (χ0v) is 22.2. The molecule has 3 aliphatic carbocycles. The molecule has 11 atom stereocenters. The van der Waals surface area contributed by atoms with Crippen LogP contribution in [0.15, 0.2) is 60.0 Å². The van der Waals surface area contributed by atoms with Crippen molar-refractivity contribution < 1.29 is 24.8 Å². The third kappa shape index (κ3) is 2.96. The number of β-amino-alcohol motifs (C(OH)–C–C–N with tert-alkyl or cyclic N) is 2. The number of benzene rings is 1. The minimum atomic E-state index is -0.699. The minimum absolute atomic E-state index is 0.0348.